The first-order valence-corrected chi connectivity index (χ1v) is 9.23. The van der Waals surface area contributed by atoms with Crippen LogP contribution in [0.1, 0.15) is 67.7 Å². The van der Waals surface area contributed by atoms with Crippen LogP contribution in [0, 0.1) is 0 Å². The van der Waals surface area contributed by atoms with Crippen molar-refractivity contribution in [1.82, 2.24) is 24.8 Å². The average molecular weight is 355 g/mol. The van der Waals surface area contributed by atoms with Crippen LogP contribution in [0.3, 0.4) is 0 Å². The molecule has 1 saturated heterocycles. The number of carbonyl (C=O) groups is 1. The number of imidazole rings is 1. The number of nitrogens with zero attached hydrogens (tertiary/aromatic N) is 3. The Hall–Kier alpha value is -2.44. The molecule has 7 nitrogen and oxygen atoms in total. The summed E-state index contributed by atoms with van der Waals surface area (Å²) >= 11 is 0. The summed E-state index contributed by atoms with van der Waals surface area (Å²) in [5.41, 5.74) is 1.53. The predicted octanol–water partition coefficient (Wildman–Crippen LogP) is 1.91. The average Bonchev–Trinajstić information content (AvgIpc) is 3.24. The van der Waals surface area contributed by atoms with Gasteiger partial charge in [-0.3, -0.25) is 9.59 Å². The van der Waals surface area contributed by atoms with Crippen LogP contribution < -0.4 is 5.56 Å². The molecule has 0 aromatic carbocycles. The molecular weight excluding hydrogens is 330 g/mol. The third kappa shape index (κ3) is 2.66. The fourth-order valence-corrected chi connectivity index (χ4v) is 4.16. The smallest absolute Gasteiger partial charge is 0.289 e. The molecule has 0 bridgehead atoms. The Balaban J connectivity index is 1.61. The summed E-state index contributed by atoms with van der Waals surface area (Å²) < 4.78 is 0. The lowest BCUT2D eigenvalue weighted by molar-refractivity contribution is 0.0652. The van der Waals surface area contributed by atoms with E-state index in [9.17, 15) is 9.59 Å². The first-order valence-electron chi connectivity index (χ1n) is 9.23. The van der Waals surface area contributed by atoms with Gasteiger partial charge in [0.1, 0.15) is 5.82 Å². The highest BCUT2D eigenvalue weighted by molar-refractivity contribution is 5.90. The van der Waals surface area contributed by atoms with Crippen molar-refractivity contribution in [2.45, 2.75) is 57.3 Å². The van der Waals surface area contributed by atoms with E-state index in [1.807, 2.05) is 4.90 Å². The molecule has 2 aromatic heterocycles. The van der Waals surface area contributed by atoms with E-state index in [-0.39, 0.29) is 22.3 Å². The molecule has 0 atom stereocenters. The minimum Gasteiger partial charge on any atom is -0.341 e. The second kappa shape index (κ2) is 5.79. The summed E-state index contributed by atoms with van der Waals surface area (Å²) in [5, 5.41) is 0. The second-order valence-corrected chi connectivity index (χ2v) is 8.50. The normalized spacial score (nSPS) is 19.0. The van der Waals surface area contributed by atoms with E-state index >= 15 is 0 Å². The van der Waals surface area contributed by atoms with Gasteiger partial charge in [0.25, 0.3) is 11.5 Å². The zero-order valence-corrected chi connectivity index (χ0v) is 15.6. The topological polar surface area (TPSA) is 94.7 Å². The number of hydrogen-bond acceptors (Lipinski definition) is 4. The SMILES string of the molecule is CC(C)(C)c1nc2c(c(=O)[nH]1)CCC21CCN(C(=O)c2ncc[nH]2)CC1. The number of nitrogens with one attached hydrogen (secondary N) is 2. The highest BCUT2D eigenvalue weighted by Crippen LogP contribution is 2.44. The molecule has 1 amide bonds. The number of H-pyrrole nitrogens is 2. The fourth-order valence-electron chi connectivity index (χ4n) is 4.16. The Labute approximate surface area is 152 Å². The molecule has 0 radical (unpaired) electrons. The molecule has 1 aliphatic heterocycles. The molecule has 7 heteroatoms. The molecule has 1 fully saturated rings. The van der Waals surface area contributed by atoms with Crippen molar-refractivity contribution >= 4 is 5.91 Å². The third-order valence-corrected chi connectivity index (χ3v) is 5.79. The van der Waals surface area contributed by atoms with Crippen LogP contribution in [0.5, 0.6) is 0 Å². The Morgan fingerprint density at radius 3 is 2.58 bits per heavy atom. The van der Waals surface area contributed by atoms with Gasteiger partial charge in [-0.2, -0.15) is 0 Å². The van der Waals surface area contributed by atoms with Crippen molar-refractivity contribution in [3.05, 3.63) is 45.7 Å². The van der Waals surface area contributed by atoms with E-state index in [1.54, 1.807) is 12.4 Å². The minimum absolute atomic E-state index is 0.00546. The molecule has 26 heavy (non-hydrogen) atoms. The zero-order valence-electron chi connectivity index (χ0n) is 15.6. The van der Waals surface area contributed by atoms with Crippen molar-refractivity contribution in [3.63, 3.8) is 0 Å². The molecule has 0 saturated carbocycles. The van der Waals surface area contributed by atoms with Crippen LogP contribution in [0.2, 0.25) is 0 Å². The summed E-state index contributed by atoms with van der Waals surface area (Å²) in [6, 6.07) is 0. The molecule has 2 N–H and O–H groups in total. The van der Waals surface area contributed by atoms with Crippen molar-refractivity contribution in [1.29, 1.82) is 0 Å². The van der Waals surface area contributed by atoms with Crippen LogP contribution in [0.4, 0.5) is 0 Å². The number of rotatable bonds is 1. The lowest BCUT2D eigenvalue weighted by Crippen LogP contribution is -2.45. The Bertz CT molecular complexity index is 884. The second-order valence-electron chi connectivity index (χ2n) is 8.50. The number of aromatic amines is 2. The highest BCUT2D eigenvalue weighted by atomic mass is 16.2. The van der Waals surface area contributed by atoms with Gasteiger partial charge in [0, 0.05) is 41.9 Å². The summed E-state index contributed by atoms with van der Waals surface area (Å²) in [4.78, 5) is 41.7. The number of carbonyl (C=O) groups excluding carboxylic acids is 1. The molecule has 4 rings (SSSR count). The lowest BCUT2D eigenvalue weighted by atomic mass is 9.76. The highest BCUT2D eigenvalue weighted by Gasteiger charge is 2.45. The summed E-state index contributed by atoms with van der Waals surface area (Å²) in [7, 11) is 0. The van der Waals surface area contributed by atoms with Gasteiger partial charge in [0.15, 0.2) is 5.82 Å². The number of hydrogen-bond donors (Lipinski definition) is 2. The first-order chi connectivity index (χ1) is 12.3. The van der Waals surface area contributed by atoms with Crippen molar-refractivity contribution in [3.8, 4) is 0 Å². The molecule has 3 heterocycles. The Morgan fingerprint density at radius 2 is 1.96 bits per heavy atom. The van der Waals surface area contributed by atoms with Crippen LogP contribution in [-0.4, -0.2) is 43.8 Å². The van der Waals surface area contributed by atoms with Gasteiger partial charge in [-0.15, -0.1) is 0 Å². The van der Waals surface area contributed by atoms with Gasteiger partial charge in [-0.25, -0.2) is 9.97 Å². The van der Waals surface area contributed by atoms with Crippen molar-refractivity contribution in [2.24, 2.45) is 0 Å². The number of piperidine rings is 1. The quantitative estimate of drug-likeness (QED) is 0.817. The maximum absolute atomic E-state index is 12.6. The molecule has 2 aliphatic rings. The van der Waals surface area contributed by atoms with Gasteiger partial charge in [-0.05, 0) is 25.7 Å². The van der Waals surface area contributed by atoms with Crippen LogP contribution in [0.15, 0.2) is 17.2 Å². The van der Waals surface area contributed by atoms with Crippen LogP contribution >= 0.6 is 0 Å². The van der Waals surface area contributed by atoms with E-state index in [4.69, 9.17) is 4.98 Å². The summed E-state index contributed by atoms with van der Waals surface area (Å²) in [6.45, 7) is 7.51. The van der Waals surface area contributed by atoms with E-state index in [0.717, 1.165) is 42.8 Å². The van der Waals surface area contributed by atoms with Gasteiger partial charge in [0.2, 0.25) is 0 Å². The molecule has 0 unspecified atom stereocenters. The first kappa shape index (κ1) is 17.0. The molecule has 1 spiro atoms. The van der Waals surface area contributed by atoms with Crippen LogP contribution in [0.25, 0.3) is 0 Å². The standard InChI is InChI=1S/C19H25N5O2/c1-18(2,3)17-22-13-12(15(25)23-17)4-5-19(13)6-10-24(11-7-19)16(26)14-20-8-9-21-14/h8-9H,4-7,10-11H2,1-3H3,(H,20,21)(H,22,23,25). The van der Waals surface area contributed by atoms with E-state index in [1.165, 1.54) is 0 Å². The predicted molar refractivity (Wildman–Crippen MR) is 97.3 cm³/mol. The van der Waals surface area contributed by atoms with E-state index < -0.39 is 0 Å². The minimum atomic E-state index is -0.200. The lowest BCUT2D eigenvalue weighted by Gasteiger charge is -2.39. The molecule has 2 aromatic rings. The number of aromatic nitrogens is 4. The van der Waals surface area contributed by atoms with E-state index in [2.05, 4.69) is 35.7 Å². The maximum Gasteiger partial charge on any atom is 0.289 e. The number of fused-ring (bicyclic) bond motifs is 2. The largest absolute Gasteiger partial charge is 0.341 e. The summed E-state index contributed by atoms with van der Waals surface area (Å²) in [6.07, 6.45) is 6.65. The van der Waals surface area contributed by atoms with E-state index in [0.29, 0.717) is 18.9 Å². The van der Waals surface area contributed by atoms with Crippen LogP contribution in [-0.2, 0) is 17.3 Å². The Kier molecular flexibility index (Phi) is 3.78. The molecule has 138 valence electrons. The summed E-state index contributed by atoms with van der Waals surface area (Å²) in [5.74, 6) is 1.08. The van der Waals surface area contributed by atoms with Gasteiger partial charge in [0.05, 0.1) is 5.69 Å². The number of likely N-dealkylation sites (tertiary alicyclic amines) is 1. The maximum atomic E-state index is 12.6. The van der Waals surface area contributed by atoms with Crippen molar-refractivity contribution in [2.75, 3.05) is 13.1 Å². The van der Waals surface area contributed by atoms with Gasteiger partial charge < -0.3 is 14.9 Å². The molecular formula is C19H25N5O2. The number of amides is 1. The van der Waals surface area contributed by atoms with Gasteiger partial charge in [-0.1, -0.05) is 20.8 Å². The van der Waals surface area contributed by atoms with Crippen molar-refractivity contribution < 1.29 is 4.79 Å². The fraction of sp³-hybridized carbons (Fsp3) is 0.579. The monoisotopic (exact) mass is 355 g/mol. The van der Waals surface area contributed by atoms with Gasteiger partial charge >= 0.3 is 0 Å². The third-order valence-electron chi connectivity index (χ3n) is 5.79. The zero-order chi connectivity index (χ0) is 18.5. The molecule has 1 aliphatic carbocycles. The Morgan fingerprint density at radius 1 is 1.23 bits per heavy atom.